The number of alkyl halides is 1. The number of halogens is 1. The van der Waals surface area contributed by atoms with E-state index in [2.05, 4.69) is 10.3 Å². The number of rotatable bonds is 2. The van der Waals surface area contributed by atoms with Gasteiger partial charge in [0.2, 0.25) is 0 Å². The van der Waals surface area contributed by atoms with Crippen LogP contribution in [0.25, 0.3) is 0 Å². The van der Waals surface area contributed by atoms with E-state index in [-0.39, 0.29) is 0 Å². The Bertz CT molecular complexity index is 347. The Morgan fingerprint density at radius 3 is 2.62 bits per heavy atom. The molecule has 1 aliphatic rings. The first kappa shape index (κ1) is 8.23. The zero-order chi connectivity index (χ0) is 9.26. The number of benzene rings is 1. The summed E-state index contributed by atoms with van der Waals surface area (Å²) in [5.74, 6) is 0.309. The zero-order valence-electron chi connectivity index (χ0n) is 7.37. The number of para-hydroxylation sites is 2. The quantitative estimate of drug-likeness (QED) is 0.664. The van der Waals surface area contributed by atoms with Gasteiger partial charge in [0.05, 0.1) is 11.4 Å². The predicted octanol–water partition coefficient (Wildman–Crippen LogP) is 2.71. The maximum Gasteiger partial charge on any atom is 0.163 e. The molecule has 1 atom stereocenters. The van der Waals surface area contributed by atoms with Gasteiger partial charge in [0.15, 0.2) is 12.0 Å². The summed E-state index contributed by atoms with van der Waals surface area (Å²) in [5, 5.41) is 4.10. The Morgan fingerprint density at radius 1 is 1.31 bits per heavy atom. The van der Waals surface area contributed by atoms with Gasteiger partial charge in [0.25, 0.3) is 0 Å². The Morgan fingerprint density at radius 2 is 2.00 bits per heavy atom. The van der Waals surface area contributed by atoms with Gasteiger partial charge in [-0.1, -0.05) is 19.1 Å². The van der Waals surface area contributed by atoms with E-state index in [0.29, 0.717) is 12.3 Å². The second-order valence-corrected chi connectivity index (χ2v) is 2.95. The second kappa shape index (κ2) is 3.17. The summed E-state index contributed by atoms with van der Waals surface area (Å²) in [7, 11) is 0. The predicted molar refractivity (Wildman–Crippen MR) is 50.5 cm³/mol. The molecule has 0 N–H and O–H groups in total. The number of hydrogen-bond acceptors (Lipinski definition) is 1. The Kier molecular flexibility index (Phi) is 2.00. The summed E-state index contributed by atoms with van der Waals surface area (Å²) in [6.07, 6.45) is -0.608. The molecule has 67 valence electrons. The first-order chi connectivity index (χ1) is 6.31. The number of fused-ring (bicyclic) bond motifs is 1. The van der Waals surface area contributed by atoms with Crippen molar-refractivity contribution in [1.82, 2.24) is 5.32 Å². The van der Waals surface area contributed by atoms with Crippen molar-refractivity contribution in [3.05, 3.63) is 24.3 Å². The number of aliphatic imine (C=N–C) groups is 1. The first-order valence-electron chi connectivity index (χ1n) is 4.34. The summed E-state index contributed by atoms with van der Waals surface area (Å²) in [4.78, 5) is 4.10. The van der Waals surface area contributed by atoms with Crippen LogP contribution in [0, 0.1) is 0 Å². The third-order valence-corrected chi connectivity index (χ3v) is 1.99. The van der Waals surface area contributed by atoms with E-state index in [9.17, 15) is 4.39 Å². The fraction of sp³-hybridized carbons (Fsp3) is 0.300. The van der Waals surface area contributed by atoms with Gasteiger partial charge in [-0.15, -0.1) is 0 Å². The third-order valence-electron chi connectivity index (χ3n) is 1.99. The Hall–Kier alpha value is -1.38. The van der Waals surface area contributed by atoms with Gasteiger partial charge in [0, 0.05) is 0 Å². The molecule has 3 heteroatoms. The molecule has 1 radical (unpaired) electrons. The van der Waals surface area contributed by atoms with Crippen LogP contribution in [0.5, 0.6) is 0 Å². The standard InChI is InChI=1S/C10H10FN2/c1-2-7(11)10-12-8-5-3-4-6-9(8)13-10/h3-7H,2H2,1H3. The molecule has 0 fully saturated rings. The Labute approximate surface area is 76.5 Å². The minimum absolute atomic E-state index is 0.309. The van der Waals surface area contributed by atoms with E-state index in [1.165, 1.54) is 0 Å². The average molecular weight is 177 g/mol. The van der Waals surface area contributed by atoms with Crippen molar-refractivity contribution in [2.75, 3.05) is 0 Å². The molecule has 2 nitrogen and oxygen atoms in total. The normalized spacial score (nSPS) is 16.0. The van der Waals surface area contributed by atoms with Crippen LogP contribution in [-0.4, -0.2) is 12.0 Å². The summed E-state index contributed by atoms with van der Waals surface area (Å²) in [6.45, 7) is 1.78. The highest BCUT2D eigenvalue weighted by atomic mass is 19.1. The highest BCUT2D eigenvalue weighted by molar-refractivity contribution is 5.98. The van der Waals surface area contributed by atoms with Crippen molar-refractivity contribution < 1.29 is 4.39 Å². The molecular weight excluding hydrogens is 167 g/mol. The van der Waals surface area contributed by atoms with Gasteiger partial charge in [-0.2, -0.15) is 0 Å². The van der Waals surface area contributed by atoms with Crippen LogP contribution < -0.4 is 5.32 Å². The minimum atomic E-state index is -1.03. The minimum Gasteiger partial charge on any atom is -0.239 e. The molecule has 1 aromatic rings. The molecule has 1 heterocycles. The zero-order valence-corrected chi connectivity index (χ0v) is 7.37. The van der Waals surface area contributed by atoms with Crippen LogP contribution in [0.3, 0.4) is 0 Å². The van der Waals surface area contributed by atoms with Gasteiger partial charge >= 0.3 is 0 Å². The molecule has 0 spiro atoms. The van der Waals surface area contributed by atoms with Crippen LogP contribution in [0.2, 0.25) is 0 Å². The Balaban J connectivity index is 2.26. The van der Waals surface area contributed by atoms with E-state index >= 15 is 0 Å². The van der Waals surface area contributed by atoms with E-state index in [1.54, 1.807) is 6.92 Å². The topological polar surface area (TPSA) is 26.5 Å². The number of amidine groups is 1. The number of nitrogens with zero attached hydrogens (tertiary/aromatic N) is 2. The summed E-state index contributed by atoms with van der Waals surface area (Å²) >= 11 is 0. The maximum absolute atomic E-state index is 13.2. The summed E-state index contributed by atoms with van der Waals surface area (Å²) < 4.78 is 13.2. The monoisotopic (exact) mass is 177 g/mol. The third kappa shape index (κ3) is 1.41. The van der Waals surface area contributed by atoms with Gasteiger partial charge in [-0.3, -0.25) is 0 Å². The molecular formula is C10H10FN2. The van der Waals surface area contributed by atoms with E-state index in [0.717, 1.165) is 11.4 Å². The van der Waals surface area contributed by atoms with Crippen LogP contribution in [0.1, 0.15) is 13.3 Å². The van der Waals surface area contributed by atoms with Gasteiger partial charge in [-0.05, 0) is 18.6 Å². The molecule has 1 unspecified atom stereocenters. The molecule has 0 aliphatic carbocycles. The van der Waals surface area contributed by atoms with E-state index in [1.807, 2.05) is 24.3 Å². The molecule has 0 saturated heterocycles. The van der Waals surface area contributed by atoms with Crippen LogP contribution in [-0.2, 0) is 0 Å². The first-order valence-corrected chi connectivity index (χ1v) is 4.34. The lowest BCUT2D eigenvalue weighted by Gasteiger charge is -2.02. The highest BCUT2D eigenvalue weighted by Gasteiger charge is 2.21. The molecule has 1 aliphatic heterocycles. The van der Waals surface area contributed by atoms with Crippen LogP contribution in [0.4, 0.5) is 15.8 Å². The number of hydrogen-bond donors (Lipinski definition) is 0. The van der Waals surface area contributed by atoms with Crippen molar-refractivity contribution in [1.29, 1.82) is 0 Å². The molecule has 1 aromatic carbocycles. The van der Waals surface area contributed by atoms with Crippen molar-refractivity contribution in [3.8, 4) is 0 Å². The van der Waals surface area contributed by atoms with Crippen molar-refractivity contribution in [2.24, 2.45) is 4.99 Å². The van der Waals surface area contributed by atoms with Crippen LogP contribution >= 0.6 is 0 Å². The largest absolute Gasteiger partial charge is 0.239 e. The highest BCUT2D eigenvalue weighted by Crippen LogP contribution is 2.30. The summed E-state index contributed by atoms with van der Waals surface area (Å²) in [6, 6.07) is 7.43. The second-order valence-electron chi connectivity index (χ2n) is 2.95. The van der Waals surface area contributed by atoms with Gasteiger partial charge in [0.1, 0.15) is 0 Å². The smallest absolute Gasteiger partial charge is 0.163 e. The maximum atomic E-state index is 13.2. The van der Waals surface area contributed by atoms with Gasteiger partial charge < -0.3 is 0 Å². The SMILES string of the molecule is CCC(F)C1=Nc2ccccc2[N]1. The lowest BCUT2D eigenvalue weighted by Crippen LogP contribution is -2.19. The van der Waals surface area contributed by atoms with Gasteiger partial charge in [-0.25, -0.2) is 14.7 Å². The molecule has 0 amide bonds. The molecule has 0 bridgehead atoms. The van der Waals surface area contributed by atoms with E-state index in [4.69, 9.17) is 0 Å². The molecule has 2 rings (SSSR count). The molecule has 0 saturated carbocycles. The lowest BCUT2D eigenvalue weighted by molar-refractivity contribution is 0.409. The molecule has 13 heavy (non-hydrogen) atoms. The average Bonchev–Trinajstić information content (AvgIpc) is 2.59. The fourth-order valence-electron chi connectivity index (χ4n) is 1.25. The summed E-state index contributed by atoms with van der Waals surface area (Å²) in [5.41, 5.74) is 1.54. The van der Waals surface area contributed by atoms with Crippen molar-refractivity contribution in [2.45, 2.75) is 19.5 Å². The lowest BCUT2D eigenvalue weighted by atomic mass is 10.3. The van der Waals surface area contributed by atoms with E-state index < -0.39 is 6.17 Å². The van der Waals surface area contributed by atoms with Crippen molar-refractivity contribution >= 4 is 17.2 Å². The fourth-order valence-corrected chi connectivity index (χ4v) is 1.25. The van der Waals surface area contributed by atoms with Crippen LogP contribution in [0.15, 0.2) is 29.3 Å². The molecule has 0 aromatic heterocycles. The van der Waals surface area contributed by atoms with Crippen molar-refractivity contribution in [3.63, 3.8) is 0 Å².